The molecule has 1 rings (SSSR count). The number of rotatable bonds is 11. The van der Waals surface area contributed by atoms with Crippen LogP contribution in [0.4, 0.5) is 0 Å². The molecule has 0 radical (unpaired) electrons. The van der Waals surface area contributed by atoms with E-state index in [9.17, 15) is 24.0 Å². The summed E-state index contributed by atoms with van der Waals surface area (Å²) in [4.78, 5) is 61.3. The normalized spacial score (nSPS) is 15.0. The Morgan fingerprint density at radius 1 is 0.706 bits per heavy atom. The topological polar surface area (TPSA) is 126 Å². The number of hydrogen-bond donors (Lipinski definition) is 0. The molecule has 10 heteroatoms. The van der Waals surface area contributed by atoms with Gasteiger partial charge in [0.2, 0.25) is 5.91 Å². The summed E-state index contributed by atoms with van der Waals surface area (Å²) in [5, 5.41) is 0. The second-order valence-corrected chi connectivity index (χ2v) is 7.87. The van der Waals surface area contributed by atoms with Crippen molar-refractivity contribution >= 4 is 29.8 Å². The third-order valence-electron chi connectivity index (χ3n) is 4.96. The van der Waals surface area contributed by atoms with Crippen molar-refractivity contribution in [3.63, 3.8) is 0 Å². The van der Waals surface area contributed by atoms with E-state index in [0.29, 0.717) is 0 Å². The van der Waals surface area contributed by atoms with Crippen LogP contribution in [-0.4, -0.2) is 65.6 Å². The van der Waals surface area contributed by atoms with Crippen molar-refractivity contribution in [3.8, 4) is 0 Å². The number of hydrogen-bond acceptors (Lipinski definition) is 9. The predicted octanol–water partition coefficient (Wildman–Crippen LogP) is 2.34. The van der Waals surface area contributed by atoms with Crippen LogP contribution in [0.15, 0.2) is 30.3 Å². The minimum absolute atomic E-state index is 0.187. The van der Waals surface area contributed by atoms with Gasteiger partial charge in [0.25, 0.3) is 0 Å². The number of carbonyl (C=O) groups is 5. The highest BCUT2D eigenvalue weighted by molar-refractivity contribution is 5.74. The van der Waals surface area contributed by atoms with Crippen molar-refractivity contribution in [1.82, 2.24) is 4.90 Å². The van der Waals surface area contributed by atoms with E-state index in [4.69, 9.17) is 18.9 Å². The van der Waals surface area contributed by atoms with E-state index in [2.05, 4.69) is 0 Å². The van der Waals surface area contributed by atoms with Gasteiger partial charge in [-0.25, -0.2) is 0 Å². The maximum Gasteiger partial charge on any atom is 0.303 e. The number of ether oxygens (including phenoxy) is 4. The lowest BCUT2D eigenvalue weighted by Gasteiger charge is -2.38. The van der Waals surface area contributed by atoms with Gasteiger partial charge in [-0.2, -0.15) is 0 Å². The highest BCUT2D eigenvalue weighted by atomic mass is 16.6. The van der Waals surface area contributed by atoms with Crippen LogP contribution >= 0.6 is 0 Å². The fourth-order valence-corrected chi connectivity index (χ4v) is 3.58. The van der Waals surface area contributed by atoms with Gasteiger partial charge in [-0.05, 0) is 19.4 Å². The molecule has 0 aliphatic heterocycles. The fourth-order valence-electron chi connectivity index (χ4n) is 3.58. The molecule has 5 atom stereocenters. The zero-order valence-electron chi connectivity index (χ0n) is 20.6. The lowest BCUT2D eigenvalue weighted by Crippen LogP contribution is -2.54. The molecule has 34 heavy (non-hydrogen) atoms. The Labute approximate surface area is 199 Å². The first-order chi connectivity index (χ1) is 15.8. The van der Waals surface area contributed by atoms with Gasteiger partial charge in [-0.3, -0.25) is 24.0 Å². The van der Waals surface area contributed by atoms with Crippen molar-refractivity contribution in [2.24, 2.45) is 0 Å². The maximum absolute atomic E-state index is 12.6. The van der Waals surface area contributed by atoms with Gasteiger partial charge >= 0.3 is 23.9 Å². The van der Waals surface area contributed by atoms with Gasteiger partial charge < -0.3 is 23.8 Å². The molecule has 1 unspecified atom stereocenters. The van der Waals surface area contributed by atoms with E-state index in [0.717, 1.165) is 26.3 Å². The molecule has 0 N–H and O–H groups in total. The molecule has 0 heterocycles. The number of nitrogens with zero attached hydrogens (tertiary/aromatic N) is 1. The van der Waals surface area contributed by atoms with Crippen LogP contribution in [-0.2, 0) is 42.9 Å². The van der Waals surface area contributed by atoms with Crippen LogP contribution in [0.3, 0.4) is 0 Å². The summed E-state index contributed by atoms with van der Waals surface area (Å²) < 4.78 is 21.4. The summed E-state index contributed by atoms with van der Waals surface area (Å²) in [6.45, 7) is 9.02. The minimum Gasteiger partial charge on any atom is -0.459 e. The Balaban J connectivity index is 3.46. The average Bonchev–Trinajstić information content (AvgIpc) is 2.72. The average molecular weight is 480 g/mol. The monoisotopic (exact) mass is 479 g/mol. The third-order valence-corrected chi connectivity index (χ3v) is 4.96. The Hall–Kier alpha value is -3.43. The van der Waals surface area contributed by atoms with Gasteiger partial charge in [0.15, 0.2) is 18.3 Å². The molecule has 1 amide bonds. The van der Waals surface area contributed by atoms with Gasteiger partial charge in [-0.15, -0.1) is 0 Å². The van der Waals surface area contributed by atoms with Crippen LogP contribution in [0.2, 0.25) is 0 Å². The quantitative estimate of drug-likeness (QED) is 0.347. The summed E-state index contributed by atoms with van der Waals surface area (Å²) in [6.07, 6.45) is -4.97. The lowest BCUT2D eigenvalue weighted by molar-refractivity contribution is -0.198. The van der Waals surface area contributed by atoms with E-state index >= 15 is 0 Å². The molecule has 10 nitrogen and oxygen atoms in total. The molecule has 0 aliphatic rings. The minimum atomic E-state index is -1.37. The Bertz CT molecular complexity index is 870. The zero-order chi connectivity index (χ0) is 26.0. The molecule has 188 valence electrons. The molecule has 0 bridgehead atoms. The molecule has 1 aromatic rings. The Morgan fingerprint density at radius 3 is 1.62 bits per heavy atom. The molecular formula is C24H33NO9. The first-order valence-corrected chi connectivity index (χ1v) is 10.8. The first-order valence-electron chi connectivity index (χ1n) is 10.8. The Kier molecular flexibility index (Phi) is 11.2. The molecule has 0 saturated heterocycles. The van der Waals surface area contributed by atoms with E-state index < -0.39 is 54.3 Å². The number of benzene rings is 1. The largest absolute Gasteiger partial charge is 0.459 e. The number of carbonyl (C=O) groups excluding carboxylic acids is 5. The van der Waals surface area contributed by atoms with Crippen molar-refractivity contribution in [3.05, 3.63) is 35.9 Å². The van der Waals surface area contributed by atoms with Crippen LogP contribution in [0.1, 0.15) is 60.1 Å². The zero-order valence-corrected chi connectivity index (χ0v) is 20.6. The summed E-state index contributed by atoms with van der Waals surface area (Å²) >= 11 is 0. The van der Waals surface area contributed by atoms with E-state index in [1.807, 2.05) is 30.3 Å². The third kappa shape index (κ3) is 9.21. The van der Waals surface area contributed by atoms with E-state index in [1.165, 1.54) is 25.7 Å². The van der Waals surface area contributed by atoms with E-state index in [-0.39, 0.29) is 12.5 Å². The van der Waals surface area contributed by atoms with Crippen molar-refractivity contribution < 1.29 is 42.9 Å². The molecule has 0 spiro atoms. The van der Waals surface area contributed by atoms with Crippen LogP contribution < -0.4 is 0 Å². The van der Waals surface area contributed by atoms with Gasteiger partial charge in [0.1, 0.15) is 6.10 Å². The summed E-state index contributed by atoms with van der Waals surface area (Å²) in [6, 6.07) is 8.75. The van der Waals surface area contributed by atoms with Crippen LogP contribution in [0, 0.1) is 0 Å². The smallest absolute Gasteiger partial charge is 0.303 e. The van der Waals surface area contributed by atoms with Crippen LogP contribution in [0.25, 0.3) is 0 Å². The maximum atomic E-state index is 12.6. The molecule has 0 saturated carbocycles. The Morgan fingerprint density at radius 2 is 1.18 bits per heavy atom. The van der Waals surface area contributed by atoms with Crippen molar-refractivity contribution in [2.45, 2.75) is 78.9 Å². The summed E-state index contributed by atoms with van der Waals surface area (Å²) in [5.74, 6) is -3.17. The van der Waals surface area contributed by atoms with Gasteiger partial charge in [0.05, 0.1) is 12.6 Å². The molecular weight excluding hydrogens is 446 g/mol. The highest BCUT2D eigenvalue weighted by Gasteiger charge is 2.43. The lowest BCUT2D eigenvalue weighted by atomic mass is 10.0. The van der Waals surface area contributed by atoms with Crippen molar-refractivity contribution in [1.29, 1.82) is 0 Å². The molecule has 0 fully saturated rings. The highest BCUT2D eigenvalue weighted by Crippen LogP contribution is 2.25. The van der Waals surface area contributed by atoms with Gasteiger partial charge in [-0.1, -0.05) is 30.3 Å². The second kappa shape index (κ2) is 13.3. The van der Waals surface area contributed by atoms with E-state index in [1.54, 1.807) is 6.92 Å². The summed E-state index contributed by atoms with van der Waals surface area (Å²) in [5.41, 5.74) is 0.827. The SMILES string of the molecule is CC(=O)O[C@H]([C@H](OC(C)=O)[C@H](C)OC(C)=O)[C@@H](CN(C(C)=O)C(C)c1ccccc1)OC(C)=O. The van der Waals surface area contributed by atoms with Crippen molar-refractivity contribution in [2.75, 3.05) is 6.54 Å². The molecule has 0 aliphatic carbocycles. The standard InChI is InChI=1S/C24H33NO9/c1-14(21-11-9-8-10-12-21)25(16(3)26)13-22(32-18(5)28)24(34-20(7)30)23(33-19(6)29)15(2)31-17(4)27/h8-12,14-15,22-24H,13H2,1-7H3/t14?,15-,22+,23+,24-/m0/s1. The van der Waals surface area contributed by atoms with Crippen LogP contribution in [0.5, 0.6) is 0 Å². The predicted molar refractivity (Wildman–Crippen MR) is 120 cm³/mol. The molecule has 0 aromatic heterocycles. The first kappa shape index (κ1) is 28.6. The summed E-state index contributed by atoms with van der Waals surface area (Å²) in [7, 11) is 0. The van der Waals surface area contributed by atoms with Gasteiger partial charge in [0, 0.05) is 34.6 Å². The number of esters is 4. The fraction of sp³-hybridized carbons (Fsp3) is 0.542. The number of amides is 1. The molecule has 1 aromatic carbocycles. The second-order valence-electron chi connectivity index (χ2n) is 7.87.